The number of fused-ring (bicyclic) bond motifs is 4. The molecule has 0 saturated carbocycles. The summed E-state index contributed by atoms with van der Waals surface area (Å²) < 4.78 is 8.53. The number of imidazole rings is 1. The van der Waals surface area contributed by atoms with E-state index >= 15 is 0 Å². The van der Waals surface area contributed by atoms with E-state index in [-0.39, 0.29) is 31.9 Å². The number of aromatic nitrogens is 6. The average Bonchev–Trinajstić information content (AvgIpc) is 3.79. The Balaban J connectivity index is 0.000000240. The smallest absolute Gasteiger partial charge is 0.197 e. The average molecular weight is 955 g/mol. The summed E-state index contributed by atoms with van der Waals surface area (Å²) in [6, 6.07) is 44.0. The second-order valence-electron chi connectivity index (χ2n) is 16.2. The summed E-state index contributed by atoms with van der Waals surface area (Å²) in [4.78, 5) is 14.1. The van der Waals surface area contributed by atoms with Gasteiger partial charge in [-0.1, -0.05) is 118 Å². The van der Waals surface area contributed by atoms with Gasteiger partial charge in [-0.3, -0.25) is 4.98 Å². The summed E-state index contributed by atoms with van der Waals surface area (Å²) in [6.45, 7) is 18.2. The molecule has 0 saturated heterocycles. The Labute approximate surface area is 355 Å². The minimum atomic E-state index is -1.27. The standard InChI is InChI=1S/C34H28N5O.C15H18NSi.Ir/c1-20(2)27-17-23(22-11-6-5-7-12-22)18-28(21(3)4)30(27)39-33(37-32-34(39)38-36-19-35-32)26-15-10-14-25-24-13-8-9-16-29(24)40-31(25)26;1-12-10-14(13-8-6-5-7-9-13)16-11-15(12)17(2,3)4;/h5-14,16-21H,1-4H3;5-8,10-11H,1-4H3;/q2*-1;. The van der Waals surface area contributed by atoms with Gasteiger partial charge in [-0.15, -0.1) is 64.3 Å². The quantitative estimate of drug-likeness (QED) is 0.117. The van der Waals surface area contributed by atoms with E-state index in [9.17, 15) is 0 Å². The number of hydrogen-bond acceptors (Lipinski definition) is 6. The molecule has 0 aliphatic carbocycles. The summed E-state index contributed by atoms with van der Waals surface area (Å²) in [7, 11) is -1.27. The van der Waals surface area contributed by atoms with Crippen molar-refractivity contribution in [2.24, 2.45) is 0 Å². The summed E-state index contributed by atoms with van der Waals surface area (Å²) >= 11 is 0. The molecule has 7 nitrogen and oxygen atoms in total. The fraction of sp³-hybridized carbons (Fsp3) is 0.204. The number of rotatable bonds is 7. The molecular formula is C49H46IrN6OSi-2. The second-order valence-corrected chi connectivity index (χ2v) is 21.2. The van der Waals surface area contributed by atoms with Crippen molar-refractivity contribution in [1.29, 1.82) is 0 Å². The van der Waals surface area contributed by atoms with Gasteiger partial charge in [0.25, 0.3) is 0 Å². The van der Waals surface area contributed by atoms with Crippen LogP contribution in [0.15, 0.2) is 126 Å². The van der Waals surface area contributed by atoms with Gasteiger partial charge in [0, 0.05) is 37.4 Å². The van der Waals surface area contributed by atoms with Gasteiger partial charge in [-0.25, -0.2) is 4.98 Å². The van der Waals surface area contributed by atoms with Crippen LogP contribution in [0.2, 0.25) is 19.6 Å². The topological polar surface area (TPSA) is 82.5 Å². The van der Waals surface area contributed by atoms with Crippen molar-refractivity contribution in [3.63, 3.8) is 0 Å². The van der Waals surface area contributed by atoms with E-state index in [0.717, 1.165) is 44.4 Å². The predicted molar refractivity (Wildman–Crippen MR) is 236 cm³/mol. The maximum absolute atomic E-state index is 6.42. The molecule has 5 aromatic carbocycles. The molecule has 0 amide bonds. The van der Waals surface area contributed by atoms with Crippen molar-refractivity contribution in [2.75, 3.05) is 0 Å². The number of furan rings is 1. The molecule has 0 aliphatic rings. The Morgan fingerprint density at radius 3 is 2.10 bits per heavy atom. The van der Waals surface area contributed by atoms with E-state index in [1.54, 1.807) is 0 Å². The van der Waals surface area contributed by atoms with Gasteiger partial charge in [0.15, 0.2) is 11.3 Å². The minimum Gasteiger partial charge on any atom is -0.501 e. The Morgan fingerprint density at radius 1 is 0.724 bits per heavy atom. The molecule has 0 N–H and O–H groups in total. The van der Waals surface area contributed by atoms with Crippen LogP contribution in [0.1, 0.15) is 56.2 Å². The Morgan fingerprint density at radius 2 is 1.43 bits per heavy atom. The molecule has 0 atom stereocenters. The zero-order chi connectivity index (χ0) is 39.8. The second kappa shape index (κ2) is 16.7. The van der Waals surface area contributed by atoms with Crippen molar-refractivity contribution >= 4 is 46.5 Å². The van der Waals surface area contributed by atoms with Gasteiger partial charge in [0.2, 0.25) is 0 Å². The van der Waals surface area contributed by atoms with Gasteiger partial charge in [-0.05, 0) is 70.1 Å². The molecule has 58 heavy (non-hydrogen) atoms. The molecule has 9 heteroatoms. The van der Waals surface area contributed by atoms with E-state index in [1.165, 1.54) is 39.3 Å². The summed E-state index contributed by atoms with van der Waals surface area (Å²) in [6.07, 6.45) is 3.50. The van der Waals surface area contributed by atoms with Crippen molar-refractivity contribution in [2.45, 2.75) is 66.1 Å². The molecule has 9 rings (SSSR count). The number of hydrogen-bond donors (Lipinski definition) is 0. The number of para-hydroxylation sites is 1. The van der Waals surface area contributed by atoms with Crippen LogP contribution in [0, 0.1) is 19.1 Å². The first-order valence-electron chi connectivity index (χ1n) is 19.6. The van der Waals surface area contributed by atoms with Gasteiger partial charge in [-0.2, -0.15) is 0 Å². The van der Waals surface area contributed by atoms with Crippen molar-refractivity contribution in [1.82, 2.24) is 29.7 Å². The largest absolute Gasteiger partial charge is 0.501 e. The molecule has 1 radical (unpaired) electrons. The maximum atomic E-state index is 6.42. The zero-order valence-electron chi connectivity index (χ0n) is 34.1. The third-order valence-corrected chi connectivity index (χ3v) is 12.6. The number of pyridine rings is 1. The Hall–Kier alpha value is -5.60. The normalized spacial score (nSPS) is 11.6. The fourth-order valence-corrected chi connectivity index (χ4v) is 9.34. The van der Waals surface area contributed by atoms with E-state index in [1.807, 2.05) is 48.5 Å². The van der Waals surface area contributed by atoms with E-state index < -0.39 is 8.07 Å². The Bertz CT molecular complexity index is 2830. The van der Waals surface area contributed by atoms with Crippen molar-refractivity contribution in [3.05, 3.63) is 151 Å². The minimum absolute atomic E-state index is 0. The first-order valence-corrected chi connectivity index (χ1v) is 23.1. The predicted octanol–water partition coefficient (Wildman–Crippen LogP) is 11.9. The van der Waals surface area contributed by atoms with Crippen LogP contribution in [-0.2, 0) is 20.1 Å². The molecule has 0 spiro atoms. The first kappa shape index (κ1) is 40.6. The molecule has 9 aromatic rings. The fourth-order valence-electron chi connectivity index (χ4n) is 7.63. The van der Waals surface area contributed by atoms with Crippen LogP contribution in [0.25, 0.3) is 72.7 Å². The van der Waals surface area contributed by atoms with E-state index in [0.29, 0.717) is 17.1 Å². The van der Waals surface area contributed by atoms with Gasteiger partial charge < -0.3 is 14.0 Å². The molecule has 0 bridgehead atoms. The van der Waals surface area contributed by atoms with Gasteiger partial charge in [0.05, 0.1) is 19.5 Å². The number of benzene rings is 5. The van der Waals surface area contributed by atoms with Crippen LogP contribution in [0.4, 0.5) is 0 Å². The molecule has 0 aliphatic heterocycles. The Kier molecular flexibility index (Phi) is 11.7. The van der Waals surface area contributed by atoms with Gasteiger partial charge >= 0.3 is 0 Å². The first-order chi connectivity index (χ1) is 27.5. The molecule has 4 heterocycles. The summed E-state index contributed by atoms with van der Waals surface area (Å²) in [5.41, 5.74) is 12.8. The van der Waals surface area contributed by atoms with Crippen LogP contribution >= 0.6 is 0 Å². The molecule has 293 valence electrons. The van der Waals surface area contributed by atoms with Crippen LogP contribution < -0.4 is 5.19 Å². The van der Waals surface area contributed by atoms with Crippen LogP contribution in [0.5, 0.6) is 0 Å². The maximum Gasteiger partial charge on any atom is 0.197 e. The third kappa shape index (κ3) is 7.82. The SMILES string of the molecule is CC(C)c1cc(-c2ccccc2)cc(C(C)C)c1-n1c(-c2[c-]ccc3c2oc2ccccc23)nc2ncnnc21.Cc1cc(-c2[c-]cccc2)ncc1[Si](C)(C)C.[Ir]. The number of nitrogens with zero attached hydrogens (tertiary/aromatic N) is 6. The monoisotopic (exact) mass is 955 g/mol. The van der Waals surface area contributed by atoms with E-state index in [2.05, 4.69) is 158 Å². The summed E-state index contributed by atoms with van der Waals surface area (Å²) in [5, 5.41) is 12.2. The third-order valence-electron chi connectivity index (χ3n) is 10.4. The zero-order valence-corrected chi connectivity index (χ0v) is 37.5. The van der Waals surface area contributed by atoms with Gasteiger partial charge in [0.1, 0.15) is 11.9 Å². The van der Waals surface area contributed by atoms with E-state index in [4.69, 9.17) is 9.40 Å². The van der Waals surface area contributed by atoms with Crippen LogP contribution in [0.3, 0.4) is 0 Å². The molecule has 4 aromatic heterocycles. The summed E-state index contributed by atoms with van der Waals surface area (Å²) in [5.74, 6) is 1.15. The number of aryl methyl sites for hydroxylation is 1. The molecule has 0 fully saturated rings. The molecule has 0 unspecified atom stereocenters. The molecular weight excluding hydrogens is 909 g/mol. The van der Waals surface area contributed by atoms with Crippen molar-refractivity contribution in [3.8, 4) is 39.5 Å². The van der Waals surface area contributed by atoms with Crippen LogP contribution in [-0.4, -0.2) is 37.8 Å². The van der Waals surface area contributed by atoms with Crippen molar-refractivity contribution < 1.29 is 24.5 Å².